The fraction of sp³-hybridized carbons (Fsp3) is 0. The lowest BCUT2D eigenvalue weighted by molar-refractivity contribution is 0.669. The second-order valence-corrected chi connectivity index (χ2v) is 12.6. The molecule has 228 valence electrons. The van der Waals surface area contributed by atoms with Gasteiger partial charge in [0, 0.05) is 27.1 Å². The first kappa shape index (κ1) is 27.5. The Kier molecular flexibility index (Phi) is 6.18. The van der Waals surface area contributed by atoms with Gasteiger partial charge in [-0.3, -0.25) is 4.98 Å². The van der Waals surface area contributed by atoms with Crippen molar-refractivity contribution in [2.24, 2.45) is 0 Å². The Hall–Kier alpha value is -6.58. The molecule has 0 fully saturated rings. The predicted molar refractivity (Wildman–Crippen MR) is 204 cm³/mol. The molecule has 2 aromatic heterocycles. The molecule has 0 spiro atoms. The normalized spacial score (nSPS) is 11.7. The highest BCUT2D eigenvalue weighted by atomic mass is 16.3. The number of furan rings is 1. The van der Waals surface area contributed by atoms with E-state index in [2.05, 4.69) is 152 Å². The van der Waals surface area contributed by atoms with Crippen LogP contribution in [0.1, 0.15) is 0 Å². The summed E-state index contributed by atoms with van der Waals surface area (Å²) in [5.74, 6) is 0. The molecule has 0 saturated heterocycles. The van der Waals surface area contributed by atoms with Crippen molar-refractivity contribution < 1.29 is 4.42 Å². The van der Waals surface area contributed by atoms with Gasteiger partial charge < -0.3 is 4.42 Å². The molecule has 0 aliphatic heterocycles. The quantitative estimate of drug-likeness (QED) is 0.183. The molecule has 0 bridgehead atoms. The second kappa shape index (κ2) is 11.0. The molecule has 0 unspecified atom stereocenters. The maximum absolute atomic E-state index is 6.03. The highest BCUT2D eigenvalue weighted by Crippen LogP contribution is 2.36. The Bertz CT molecular complexity index is 2830. The molecule has 8 aromatic carbocycles. The molecule has 0 N–H and O–H groups in total. The highest BCUT2D eigenvalue weighted by Gasteiger charge is 2.13. The van der Waals surface area contributed by atoms with Crippen molar-refractivity contribution in [3.63, 3.8) is 0 Å². The smallest absolute Gasteiger partial charge is 0.135 e. The number of rotatable bonds is 4. The van der Waals surface area contributed by atoms with E-state index in [9.17, 15) is 0 Å². The summed E-state index contributed by atoms with van der Waals surface area (Å²) in [6.45, 7) is 0. The summed E-state index contributed by atoms with van der Waals surface area (Å²) in [6.07, 6.45) is 1.90. The number of aromatic nitrogens is 2. The zero-order valence-electron chi connectivity index (χ0n) is 26.5. The van der Waals surface area contributed by atoms with Crippen molar-refractivity contribution in [2.75, 3.05) is 0 Å². The Morgan fingerprint density at radius 2 is 0.816 bits per heavy atom. The van der Waals surface area contributed by atoms with Crippen molar-refractivity contribution in [3.8, 4) is 44.6 Å². The maximum Gasteiger partial charge on any atom is 0.135 e. The first-order valence-electron chi connectivity index (χ1n) is 16.6. The Morgan fingerprint density at radius 1 is 0.327 bits per heavy atom. The van der Waals surface area contributed by atoms with Crippen LogP contribution in [0.3, 0.4) is 0 Å². The lowest BCUT2D eigenvalue weighted by Crippen LogP contribution is -1.92. The summed E-state index contributed by atoms with van der Waals surface area (Å²) in [6, 6.07) is 57.8. The lowest BCUT2D eigenvalue weighted by atomic mass is 9.96. The van der Waals surface area contributed by atoms with Crippen LogP contribution in [0.15, 0.2) is 174 Å². The predicted octanol–water partition coefficient (Wildman–Crippen LogP) is 12.5. The van der Waals surface area contributed by atoms with E-state index < -0.39 is 0 Å². The van der Waals surface area contributed by atoms with E-state index >= 15 is 0 Å². The number of nitrogens with zero attached hydrogens (tertiary/aromatic N) is 2. The average Bonchev–Trinajstić information content (AvgIpc) is 3.56. The summed E-state index contributed by atoms with van der Waals surface area (Å²) in [5.41, 5.74) is 12.7. The topological polar surface area (TPSA) is 38.9 Å². The van der Waals surface area contributed by atoms with E-state index in [4.69, 9.17) is 14.4 Å². The molecular formula is C46H28N2O. The zero-order chi connectivity index (χ0) is 32.3. The van der Waals surface area contributed by atoms with Gasteiger partial charge in [-0.1, -0.05) is 140 Å². The Balaban J connectivity index is 0.950. The fourth-order valence-corrected chi connectivity index (χ4v) is 7.23. The largest absolute Gasteiger partial charge is 0.456 e. The van der Waals surface area contributed by atoms with Gasteiger partial charge in [-0.2, -0.15) is 0 Å². The number of hydrogen-bond donors (Lipinski definition) is 0. The van der Waals surface area contributed by atoms with E-state index in [1.807, 2.05) is 18.3 Å². The maximum atomic E-state index is 6.03. The number of fused-ring (bicyclic) bond motifs is 9. The molecule has 2 heterocycles. The van der Waals surface area contributed by atoms with Gasteiger partial charge in [0.05, 0.1) is 22.9 Å². The van der Waals surface area contributed by atoms with Gasteiger partial charge in [0.1, 0.15) is 11.2 Å². The van der Waals surface area contributed by atoms with E-state index in [1.54, 1.807) is 0 Å². The highest BCUT2D eigenvalue weighted by molar-refractivity contribution is 6.23. The summed E-state index contributed by atoms with van der Waals surface area (Å²) in [5, 5.41) is 6.95. The minimum Gasteiger partial charge on any atom is -0.456 e. The van der Waals surface area contributed by atoms with Crippen LogP contribution >= 0.6 is 0 Å². The molecule has 0 saturated carbocycles. The van der Waals surface area contributed by atoms with Crippen LogP contribution in [0.25, 0.3) is 99.2 Å². The standard InChI is InChI=1S/C46H28N2O/c1-3-13-39-36(10-1)37-11-2-4-14-40(37)46-45(39)47-28-42(48-46)32-22-20-30(21-23-32)34-9-7-8-33(26-34)29-16-18-31(19-17-29)35-24-25-44-41(27-35)38-12-5-6-15-43(38)49-44/h1-28H. The van der Waals surface area contributed by atoms with Gasteiger partial charge in [-0.25, -0.2) is 4.98 Å². The monoisotopic (exact) mass is 624 g/mol. The molecule has 0 aliphatic carbocycles. The lowest BCUT2D eigenvalue weighted by Gasteiger charge is -2.11. The molecule has 49 heavy (non-hydrogen) atoms. The van der Waals surface area contributed by atoms with Crippen LogP contribution < -0.4 is 0 Å². The number of para-hydroxylation sites is 1. The van der Waals surface area contributed by atoms with Gasteiger partial charge in [-0.05, 0) is 68.4 Å². The van der Waals surface area contributed by atoms with Crippen molar-refractivity contribution in [1.29, 1.82) is 0 Å². The third-order valence-corrected chi connectivity index (χ3v) is 9.73. The molecule has 0 aliphatic rings. The van der Waals surface area contributed by atoms with Crippen LogP contribution in [0.5, 0.6) is 0 Å². The number of benzene rings is 8. The third-order valence-electron chi connectivity index (χ3n) is 9.73. The van der Waals surface area contributed by atoms with Crippen LogP contribution in [0.4, 0.5) is 0 Å². The first-order valence-corrected chi connectivity index (χ1v) is 16.6. The Labute approximate surface area is 282 Å². The van der Waals surface area contributed by atoms with Gasteiger partial charge in [-0.15, -0.1) is 0 Å². The second-order valence-electron chi connectivity index (χ2n) is 12.6. The summed E-state index contributed by atoms with van der Waals surface area (Å²) in [4.78, 5) is 10.1. The van der Waals surface area contributed by atoms with Gasteiger partial charge >= 0.3 is 0 Å². The van der Waals surface area contributed by atoms with E-state index in [0.29, 0.717) is 0 Å². The van der Waals surface area contributed by atoms with Crippen molar-refractivity contribution in [3.05, 3.63) is 170 Å². The third kappa shape index (κ3) is 4.59. The van der Waals surface area contributed by atoms with E-state index in [0.717, 1.165) is 60.6 Å². The first-order chi connectivity index (χ1) is 24.3. The SMILES string of the molecule is c1cc(-c2ccc(-c3ccc4oc5ccccc5c4c3)cc2)cc(-c2ccc(-c3cnc4c5ccccc5c5ccccc5c4n3)cc2)c1. The minimum atomic E-state index is 0.869. The molecule has 0 radical (unpaired) electrons. The molecule has 0 amide bonds. The zero-order valence-corrected chi connectivity index (χ0v) is 26.5. The molecule has 3 heteroatoms. The fourth-order valence-electron chi connectivity index (χ4n) is 7.23. The van der Waals surface area contributed by atoms with Crippen molar-refractivity contribution in [1.82, 2.24) is 9.97 Å². The molecule has 10 rings (SSSR count). The van der Waals surface area contributed by atoms with Crippen LogP contribution in [-0.4, -0.2) is 9.97 Å². The van der Waals surface area contributed by atoms with Gasteiger partial charge in [0.25, 0.3) is 0 Å². The van der Waals surface area contributed by atoms with E-state index in [-0.39, 0.29) is 0 Å². The van der Waals surface area contributed by atoms with Gasteiger partial charge in [0.15, 0.2) is 0 Å². The summed E-state index contributed by atoms with van der Waals surface area (Å²) < 4.78 is 6.03. The van der Waals surface area contributed by atoms with Crippen molar-refractivity contribution in [2.45, 2.75) is 0 Å². The summed E-state index contributed by atoms with van der Waals surface area (Å²) in [7, 11) is 0. The summed E-state index contributed by atoms with van der Waals surface area (Å²) >= 11 is 0. The van der Waals surface area contributed by atoms with Crippen LogP contribution in [0.2, 0.25) is 0 Å². The number of hydrogen-bond acceptors (Lipinski definition) is 3. The average molecular weight is 625 g/mol. The van der Waals surface area contributed by atoms with Crippen LogP contribution in [0, 0.1) is 0 Å². The molecule has 3 nitrogen and oxygen atoms in total. The van der Waals surface area contributed by atoms with Crippen LogP contribution in [-0.2, 0) is 0 Å². The minimum absolute atomic E-state index is 0.869. The molecule has 10 aromatic rings. The van der Waals surface area contributed by atoms with Crippen molar-refractivity contribution >= 4 is 54.5 Å². The Morgan fingerprint density at radius 3 is 1.47 bits per heavy atom. The molecular weight excluding hydrogens is 597 g/mol. The van der Waals surface area contributed by atoms with E-state index in [1.165, 1.54) is 38.6 Å². The van der Waals surface area contributed by atoms with Gasteiger partial charge in [0.2, 0.25) is 0 Å². The molecule has 0 atom stereocenters.